The van der Waals surface area contributed by atoms with Crippen LogP contribution >= 0.6 is 22.9 Å². The van der Waals surface area contributed by atoms with Gasteiger partial charge in [0.2, 0.25) is 5.95 Å². The van der Waals surface area contributed by atoms with Gasteiger partial charge in [0, 0.05) is 55.8 Å². The van der Waals surface area contributed by atoms with E-state index in [1.165, 1.54) is 18.9 Å². The van der Waals surface area contributed by atoms with Crippen LogP contribution in [0.3, 0.4) is 0 Å². The van der Waals surface area contributed by atoms with Crippen LogP contribution in [-0.4, -0.2) is 70.9 Å². The number of nitrogens with two attached hydrogens (primary N) is 1. The van der Waals surface area contributed by atoms with E-state index >= 15 is 4.39 Å². The van der Waals surface area contributed by atoms with Crippen molar-refractivity contribution >= 4 is 60.7 Å². The molecule has 51 heavy (non-hydrogen) atoms. The molecule has 9 nitrogen and oxygen atoms in total. The number of anilines is 3. The van der Waals surface area contributed by atoms with Crippen molar-refractivity contribution in [1.82, 2.24) is 14.9 Å². The molecule has 0 aliphatic carbocycles. The summed E-state index contributed by atoms with van der Waals surface area (Å²) in [5, 5.41) is 22.3. The van der Waals surface area contributed by atoms with E-state index in [2.05, 4.69) is 41.5 Å². The molecule has 8 rings (SSSR count). The summed E-state index contributed by atoms with van der Waals surface area (Å²) < 4.78 is 21.5. The van der Waals surface area contributed by atoms with E-state index in [-0.39, 0.29) is 28.8 Å². The Bertz CT molecular complexity index is 1930. The largest absolute Gasteiger partial charge is 0.392 e. The topological polar surface area (TPSA) is 115 Å². The van der Waals surface area contributed by atoms with Crippen molar-refractivity contribution < 1.29 is 14.2 Å². The molecule has 2 bridgehead atoms. The second-order valence-corrected chi connectivity index (χ2v) is 15.6. The number of nitrogen functional groups attached to an aromatic ring is 1. The molecule has 3 N–H and O–H groups in total. The number of aliphatic hydroxyl groups is 1. The van der Waals surface area contributed by atoms with Crippen molar-refractivity contribution in [2.75, 3.05) is 48.3 Å². The van der Waals surface area contributed by atoms with Gasteiger partial charge >= 0.3 is 0 Å². The van der Waals surface area contributed by atoms with Crippen molar-refractivity contribution in [3.8, 4) is 17.2 Å². The minimum Gasteiger partial charge on any atom is -0.392 e. The molecule has 3 saturated heterocycles. The Morgan fingerprint density at radius 2 is 1.76 bits per heavy atom. The smallest absolute Gasteiger partial charge is 0.227 e. The summed E-state index contributed by atoms with van der Waals surface area (Å²) in [5.41, 5.74) is 10.4. The summed E-state index contributed by atoms with van der Waals surface area (Å²) in [4.78, 5) is 17.6. The van der Waals surface area contributed by atoms with Crippen LogP contribution in [-0.2, 0) is 18.0 Å². The van der Waals surface area contributed by atoms with Gasteiger partial charge in [-0.1, -0.05) is 65.1 Å². The summed E-state index contributed by atoms with van der Waals surface area (Å²) in [6, 6.07) is 5.83. The van der Waals surface area contributed by atoms with Gasteiger partial charge < -0.3 is 25.4 Å². The molecule has 4 aliphatic heterocycles. The molecule has 4 unspecified atom stereocenters. The van der Waals surface area contributed by atoms with Gasteiger partial charge in [0.25, 0.3) is 0 Å². The predicted molar refractivity (Wildman–Crippen MR) is 208 cm³/mol. The third-order valence-corrected chi connectivity index (χ3v) is 11.9. The maximum Gasteiger partial charge on any atom is 0.227 e. The maximum atomic E-state index is 15.1. The Kier molecular flexibility index (Phi) is 11.6. The van der Waals surface area contributed by atoms with Crippen molar-refractivity contribution in [1.29, 1.82) is 5.26 Å². The Morgan fingerprint density at radius 3 is 2.37 bits per heavy atom. The highest BCUT2D eigenvalue weighted by Crippen LogP contribution is 2.50. The monoisotopic (exact) mass is 735 g/mol. The number of likely N-dealkylation sites (tertiary alicyclic amines) is 1. The maximum absolute atomic E-state index is 15.1. The van der Waals surface area contributed by atoms with E-state index in [1.54, 1.807) is 6.07 Å². The first-order valence-electron chi connectivity index (χ1n) is 18.6. The molecule has 274 valence electrons. The van der Waals surface area contributed by atoms with E-state index in [1.807, 2.05) is 20.8 Å². The number of aromatic nitrogens is 2. The highest BCUT2D eigenvalue weighted by molar-refractivity contribution is 7.23. The number of hydrogen-bond acceptors (Lipinski definition) is 10. The van der Waals surface area contributed by atoms with Crippen LogP contribution in [0.2, 0.25) is 5.02 Å². The van der Waals surface area contributed by atoms with Gasteiger partial charge in [0.15, 0.2) is 0 Å². The molecule has 4 aromatic rings. The van der Waals surface area contributed by atoms with Crippen LogP contribution in [0.4, 0.5) is 21.2 Å². The van der Waals surface area contributed by atoms with E-state index in [9.17, 15) is 10.4 Å². The number of benzene rings is 2. The van der Waals surface area contributed by atoms with Crippen molar-refractivity contribution in [3.63, 3.8) is 0 Å². The van der Waals surface area contributed by atoms with E-state index in [0.717, 1.165) is 79.1 Å². The molecule has 6 heterocycles. The van der Waals surface area contributed by atoms with Crippen LogP contribution in [0.1, 0.15) is 90.3 Å². The van der Waals surface area contributed by atoms with E-state index in [4.69, 9.17) is 32.0 Å². The summed E-state index contributed by atoms with van der Waals surface area (Å²) in [7, 11) is 0. The molecular weight excluding hydrogens is 685 g/mol. The highest BCUT2D eigenvalue weighted by Gasteiger charge is 2.43. The minimum atomic E-state index is -0.419. The minimum absolute atomic E-state index is 0.256. The van der Waals surface area contributed by atoms with Crippen LogP contribution in [0.25, 0.3) is 32.1 Å². The average molecular weight is 736 g/mol. The first-order chi connectivity index (χ1) is 24.6. The van der Waals surface area contributed by atoms with Crippen LogP contribution in [0, 0.1) is 23.1 Å². The van der Waals surface area contributed by atoms with Crippen LogP contribution < -0.4 is 15.5 Å². The molecule has 0 spiro atoms. The number of hydrogen-bond donors (Lipinski definition) is 2. The molecule has 0 saturated carbocycles. The van der Waals surface area contributed by atoms with Crippen LogP contribution in [0.5, 0.6) is 0 Å². The van der Waals surface area contributed by atoms with Crippen molar-refractivity contribution in [3.05, 3.63) is 39.7 Å². The molecule has 12 heteroatoms. The van der Waals surface area contributed by atoms with E-state index < -0.39 is 5.82 Å². The second kappa shape index (κ2) is 15.8. The fourth-order valence-electron chi connectivity index (χ4n) is 8.09. The lowest BCUT2D eigenvalue weighted by molar-refractivity contribution is 0.111. The third kappa shape index (κ3) is 6.86. The predicted octanol–water partition coefficient (Wildman–Crippen LogP) is 8.50. The number of thiophene rings is 1. The zero-order valence-corrected chi connectivity index (χ0v) is 32.3. The highest BCUT2D eigenvalue weighted by atomic mass is 35.5. The number of piperazine rings is 1. The fourth-order valence-corrected chi connectivity index (χ4v) is 9.40. The number of ether oxygens (including phenoxy) is 1. The van der Waals surface area contributed by atoms with Gasteiger partial charge in [-0.3, -0.25) is 4.90 Å². The summed E-state index contributed by atoms with van der Waals surface area (Å²) in [6.45, 7) is 17.3. The van der Waals surface area contributed by atoms with Gasteiger partial charge in [0.05, 0.1) is 45.5 Å². The molecule has 4 aliphatic rings. The third-order valence-electron chi connectivity index (χ3n) is 10.5. The number of β-amino-alcohol motifs (C(OH)–C–C–N with tert-alkyl or cyclic N) is 1. The zero-order chi connectivity index (χ0) is 36.6. The van der Waals surface area contributed by atoms with Gasteiger partial charge in [-0.15, -0.1) is 11.3 Å². The number of rotatable bonds is 6. The van der Waals surface area contributed by atoms with E-state index in [0.29, 0.717) is 63.4 Å². The molecule has 0 amide bonds. The quantitative estimate of drug-likeness (QED) is 0.201. The molecule has 2 aromatic carbocycles. The fraction of sp³-hybridized carbons (Fsp3) is 0.564. The first-order valence-corrected chi connectivity index (χ1v) is 19.8. The van der Waals surface area contributed by atoms with Gasteiger partial charge in [-0.05, 0) is 54.9 Å². The molecule has 3 fully saturated rings. The number of nitrogens with zero attached hydrogens (tertiary/aromatic N) is 6. The lowest BCUT2D eigenvalue weighted by Gasteiger charge is -2.43. The normalized spacial score (nSPS) is 21.7. The van der Waals surface area contributed by atoms with Crippen molar-refractivity contribution in [2.24, 2.45) is 5.92 Å². The summed E-state index contributed by atoms with van der Waals surface area (Å²) in [6.07, 6.45) is 5.44. The number of halogens is 2. The number of unbranched alkanes of at least 4 members (excludes halogenated alkanes) is 1. The summed E-state index contributed by atoms with van der Waals surface area (Å²) >= 11 is 8.55. The average Bonchev–Trinajstić information content (AvgIpc) is 3.91. The Balaban J connectivity index is 0.000000700. The number of fused-ring (bicyclic) bond motifs is 6. The lowest BCUT2D eigenvalue weighted by Crippen LogP contribution is -2.55. The molecular formula is C39H51ClFN7O2S. The lowest BCUT2D eigenvalue weighted by atomic mass is 9.90. The van der Waals surface area contributed by atoms with Gasteiger partial charge in [-0.25, -0.2) is 9.37 Å². The Morgan fingerprint density at radius 1 is 1.08 bits per heavy atom. The Labute approximate surface area is 310 Å². The number of aliphatic hydroxyl groups excluding tert-OH is 1. The molecule has 2 aromatic heterocycles. The second-order valence-electron chi connectivity index (χ2n) is 14.2. The van der Waals surface area contributed by atoms with Crippen molar-refractivity contribution in [2.45, 2.75) is 105 Å². The standard InChI is InChI=1S/C33H35ClFN7O2S.C4H10.C2H6/c1-16-7-8-41(10-16)33-38-29-27(32(39-33)42-18-3-4-19(42)13-40(12-18)11-17(2)43)23-15-44-14-22(23)25(28(29)34)20-5-6-24(35)30-26(20)21(9-36)31(37)45-30;1-3-4-2;1-2/h5-6,16-19,43H,3-4,7-8,10-15,37H2,1-2H3;3-4H2,1-2H3;1-2H3. The first kappa shape index (κ1) is 37.5. The summed E-state index contributed by atoms with van der Waals surface area (Å²) in [5.74, 6) is 1.68. The molecule has 0 radical (unpaired) electrons. The number of nitriles is 1. The van der Waals surface area contributed by atoms with Gasteiger partial charge in [-0.2, -0.15) is 10.2 Å². The SMILES string of the molecule is CC.CC(O)CN1CC2CCC(C1)N2c1nc(N2CCC(C)C2)nc2c(Cl)c(-c3ccc(F)c4sc(N)c(C#N)c34)c3c(c12)COC3.CCCC. The zero-order valence-electron chi connectivity index (χ0n) is 30.7. The van der Waals surface area contributed by atoms with Gasteiger partial charge in [0.1, 0.15) is 22.7 Å². The van der Waals surface area contributed by atoms with Crippen LogP contribution in [0.15, 0.2) is 12.1 Å². The Hall–Kier alpha value is -3.27. The molecule has 4 atom stereocenters.